The van der Waals surface area contributed by atoms with Gasteiger partial charge in [0.05, 0.1) is 10.0 Å². The standard InChI is InChI=1S/C11H12Cl2FN/c12-10-2-1-9(7-11(10)13)15-5-3-8(14)4-6-15/h1-2,7-8H,3-6H2. The number of alkyl halides is 1. The highest BCUT2D eigenvalue weighted by molar-refractivity contribution is 6.42. The fourth-order valence-corrected chi connectivity index (χ4v) is 2.08. The van der Waals surface area contributed by atoms with Crippen LogP contribution in [0.3, 0.4) is 0 Å². The lowest BCUT2D eigenvalue weighted by molar-refractivity contribution is 0.277. The second-order valence-electron chi connectivity index (χ2n) is 3.76. The fourth-order valence-electron chi connectivity index (χ4n) is 1.79. The highest BCUT2D eigenvalue weighted by Gasteiger charge is 2.18. The lowest BCUT2D eigenvalue weighted by Crippen LogP contribution is -2.34. The summed E-state index contributed by atoms with van der Waals surface area (Å²) < 4.78 is 12.9. The Morgan fingerprint density at radius 2 is 1.80 bits per heavy atom. The van der Waals surface area contributed by atoms with Crippen LogP contribution in [0.15, 0.2) is 18.2 Å². The summed E-state index contributed by atoms with van der Waals surface area (Å²) in [4.78, 5) is 2.14. The summed E-state index contributed by atoms with van der Waals surface area (Å²) in [6, 6.07) is 5.54. The van der Waals surface area contributed by atoms with E-state index in [0.717, 1.165) is 18.8 Å². The van der Waals surface area contributed by atoms with Crippen LogP contribution in [0.1, 0.15) is 12.8 Å². The molecule has 0 saturated carbocycles. The molecule has 15 heavy (non-hydrogen) atoms. The minimum absolute atomic E-state index is 0.552. The summed E-state index contributed by atoms with van der Waals surface area (Å²) in [6.07, 6.45) is 0.546. The molecule has 0 unspecified atom stereocenters. The van der Waals surface area contributed by atoms with Crippen molar-refractivity contribution in [2.24, 2.45) is 0 Å². The van der Waals surface area contributed by atoms with E-state index in [4.69, 9.17) is 23.2 Å². The molecule has 82 valence electrons. The van der Waals surface area contributed by atoms with Crippen LogP contribution in [-0.2, 0) is 0 Å². The third-order valence-corrected chi connectivity index (χ3v) is 3.43. The van der Waals surface area contributed by atoms with Gasteiger partial charge in [-0.3, -0.25) is 0 Å². The predicted molar refractivity (Wildman–Crippen MR) is 62.8 cm³/mol. The molecule has 0 atom stereocenters. The van der Waals surface area contributed by atoms with Crippen molar-refractivity contribution in [3.05, 3.63) is 28.2 Å². The van der Waals surface area contributed by atoms with E-state index < -0.39 is 6.17 Å². The average Bonchev–Trinajstić information content (AvgIpc) is 2.23. The second kappa shape index (κ2) is 4.58. The Morgan fingerprint density at radius 1 is 1.13 bits per heavy atom. The Balaban J connectivity index is 2.12. The molecule has 4 heteroatoms. The quantitative estimate of drug-likeness (QED) is 0.727. The van der Waals surface area contributed by atoms with Crippen LogP contribution in [0.2, 0.25) is 10.0 Å². The van der Waals surface area contributed by atoms with Crippen molar-refractivity contribution >= 4 is 28.9 Å². The van der Waals surface area contributed by atoms with Gasteiger partial charge in [-0.2, -0.15) is 0 Å². The minimum atomic E-state index is -0.649. The van der Waals surface area contributed by atoms with Crippen LogP contribution >= 0.6 is 23.2 Å². The first-order chi connectivity index (χ1) is 7.16. The van der Waals surface area contributed by atoms with Gasteiger partial charge in [0, 0.05) is 18.8 Å². The van der Waals surface area contributed by atoms with Crippen LogP contribution in [0.25, 0.3) is 0 Å². The molecular weight excluding hydrogens is 236 g/mol. The van der Waals surface area contributed by atoms with E-state index in [1.165, 1.54) is 0 Å². The smallest absolute Gasteiger partial charge is 0.103 e. The first kappa shape index (κ1) is 11.0. The number of benzene rings is 1. The van der Waals surface area contributed by atoms with E-state index in [1.54, 1.807) is 6.07 Å². The van der Waals surface area contributed by atoms with Crippen LogP contribution in [-0.4, -0.2) is 19.3 Å². The maximum Gasteiger partial charge on any atom is 0.103 e. The summed E-state index contributed by atoms with van der Waals surface area (Å²) in [6.45, 7) is 1.50. The maximum atomic E-state index is 12.9. The Morgan fingerprint density at radius 3 is 2.40 bits per heavy atom. The number of anilines is 1. The Kier molecular flexibility index (Phi) is 3.37. The topological polar surface area (TPSA) is 3.24 Å². The molecule has 0 bridgehead atoms. The largest absolute Gasteiger partial charge is 0.371 e. The van der Waals surface area contributed by atoms with E-state index in [-0.39, 0.29) is 0 Å². The molecule has 1 aliphatic rings. The van der Waals surface area contributed by atoms with Crippen LogP contribution in [0, 0.1) is 0 Å². The fraction of sp³-hybridized carbons (Fsp3) is 0.455. The summed E-state index contributed by atoms with van der Waals surface area (Å²) in [5, 5.41) is 1.11. The highest BCUT2D eigenvalue weighted by Crippen LogP contribution is 2.29. The summed E-state index contributed by atoms with van der Waals surface area (Å²) in [5.74, 6) is 0. The number of nitrogens with zero attached hydrogens (tertiary/aromatic N) is 1. The highest BCUT2D eigenvalue weighted by atomic mass is 35.5. The minimum Gasteiger partial charge on any atom is -0.371 e. The number of rotatable bonds is 1. The zero-order chi connectivity index (χ0) is 10.8. The van der Waals surface area contributed by atoms with Gasteiger partial charge in [0.2, 0.25) is 0 Å². The summed E-state index contributed by atoms with van der Waals surface area (Å²) in [5.41, 5.74) is 1.02. The summed E-state index contributed by atoms with van der Waals surface area (Å²) >= 11 is 11.8. The Labute approximate surface area is 98.8 Å². The van der Waals surface area contributed by atoms with E-state index in [9.17, 15) is 4.39 Å². The van der Waals surface area contributed by atoms with Crippen LogP contribution in [0.5, 0.6) is 0 Å². The molecule has 1 heterocycles. The Hall–Kier alpha value is -0.470. The number of piperidine rings is 1. The molecule has 0 spiro atoms. The van der Waals surface area contributed by atoms with E-state index >= 15 is 0 Å². The zero-order valence-electron chi connectivity index (χ0n) is 8.22. The van der Waals surface area contributed by atoms with Crippen LogP contribution in [0.4, 0.5) is 10.1 Å². The number of halogens is 3. The van der Waals surface area contributed by atoms with E-state index in [1.807, 2.05) is 12.1 Å². The predicted octanol–water partition coefficient (Wildman–Crippen LogP) is 3.93. The van der Waals surface area contributed by atoms with Crippen molar-refractivity contribution in [2.75, 3.05) is 18.0 Å². The molecule has 1 aromatic carbocycles. The second-order valence-corrected chi connectivity index (χ2v) is 4.57. The first-order valence-corrected chi connectivity index (χ1v) is 5.76. The van der Waals surface area contributed by atoms with E-state index in [2.05, 4.69) is 4.90 Å². The lowest BCUT2D eigenvalue weighted by atomic mass is 10.1. The number of hydrogen-bond donors (Lipinski definition) is 0. The molecule has 0 aliphatic carbocycles. The SMILES string of the molecule is FC1CCN(c2ccc(Cl)c(Cl)c2)CC1. The lowest BCUT2D eigenvalue weighted by Gasteiger charge is -2.30. The van der Waals surface area contributed by atoms with Gasteiger partial charge in [-0.05, 0) is 31.0 Å². The molecule has 1 aliphatic heterocycles. The molecule has 0 amide bonds. The van der Waals surface area contributed by atoms with Crippen molar-refractivity contribution < 1.29 is 4.39 Å². The van der Waals surface area contributed by atoms with Crippen molar-refractivity contribution in [3.63, 3.8) is 0 Å². The van der Waals surface area contributed by atoms with Gasteiger partial charge in [0.1, 0.15) is 6.17 Å². The summed E-state index contributed by atoms with van der Waals surface area (Å²) in [7, 11) is 0. The zero-order valence-corrected chi connectivity index (χ0v) is 9.73. The molecule has 0 N–H and O–H groups in total. The third kappa shape index (κ3) is 2.56. The number of hydrogen-bond acceptors (Lipinski definition) is 1. The first-order valence-electron chi connectivity index (χ1n) is 5.01. The third-order valence-electron chi connectivity index (χ3n) is 2.69. The van der Waals surface area contributed by atoms with Crippen LogP contribution < -0.4 is 4.90 Å². The van der Waals surface area contributed by atoms with Gasteiger partial charge >= 0.3 is 0 Å². The van der Waals surface area contributed by atoms with Gasteiger partial charge in [0.15, 0.2) is 0 Å². The monoisotopic (exact) mass is 247 g/mol. The normalized spacial score (nSPS) is 18.2. The molecule has 1 fully saturated rings. The molecule has 0 radical (unpaired) electrons. The average molecular weight is 248 g/mol. The van der Waals surface area contributed by atoms with Gasteiger partial charge in [-0.25, -0.2) is 4.39 Å². The van der Waals surface area contributed by atoms with Crippen molar-refractivity contribution in [1.82, 2.24) is 0 Å². The van der Waals surface area contributed by atoms with Crippen molar-refractivity contribution in [1.29, 1.82) is 0 Å². The molecular formula is C11H12Cl2FN. The molecule has 0 aromatic heterocycles. The van der Waals surface area contributed by atoms with Crippen molar-refractivity contribution in [3.8, 4) is 0 Å². The Bertz CT molecular complexity index is 348. The molecule has 2 rings (SSSR count). The molecule has 1 aromatic rings. The van der Waals surface area contributed by atoms with E-state index in [0.29, 0.717) is 22.9 Å². The molecule has 1 nitrogen and oxygen atoms in total. The van der Waals surface area contributed by atoms with Gasteiger partial charge in [-0.1, -0.05) is 23.2 Å². The van der Waals surface area contributed by atoms with Gasteiger partial charge < -0.3 is 4.90 Å². The maximum absolute atomic E-state index is 12.9. The van der Waals surface area contributed by atoms with Gasteiger partial charge in [0.25, 0.3) is 0 Å². The van der Waals surface area contributed by atoms with Gasteiger partial charge in [-0.15, -0.1) is 0 Å². The van der Waals surface area contributed by atoms with Crippen molar-refractivity contribution in [2.45, 2.75) is 19.0 Å². The molecule has 1 saturated heterocycles.